The van der Waals surface area contributed by atoms with Crippen LogP contribution in [-0.2, 0) is 46.5 Å². The number of hydrogen-bond donors (Lipinski definition) is 0. The summed E-state index contributed by atoms with van der Waals surface area (Å²) >= 11 is 0. The van der Waals surface area contributed by atoms with E-state index in [4.69, 9.17) is 14.2 Å². The number of esters is 1. The number of aryl methyl sites for hydroxylation is 1. The van der Waals surface area contributed by atoms with Gasteiger partial charge in [-0.15, -0.1) is 0 Å². The lowest BCUT2D eigenvalue weighted by Gasteiger charge is -2.27. The van der Waals surface area contributed by atoms with Crippen LogP contribution in [0.15, 0.2) is 18.7 Å². The number of rotatable bonds is 17. The summed E-state index contributed by atoms with van der Waals surface area (Å²) < 4.78 is 54.0. The van der Waals surface area contributed by atoms with Gasteiger partial charge in [-0.1, -0.05) is 52.4 Å². The molecule has 0 aliphatic heterocycles. The van der Waals surface area contributed by atoms with E-state index in [1.165, 1.54) is 19.3 Å². The average molecular weight is 495 g/mol. The first-order valence-electron chi connectivity index (χ1n) is 11.8. The van der Waals surface area contributed by atoms with E-state index in [2.05, 4.69) is 18.0 Å². The Hall–Kier alpha value is -1.53. The van der Waals surface area contributed by atoms with E-state index in [1.807, 2.05) is 24.7 Å². The van der Waals surface area contributed by atoms with Crippen molar-refractivity contribution in [1.29, 1.82) is 0 Å². The fraction of sp³-hybridized carbons (Fsp3) is 0.818. The second-order valence-electron chi connectivity index (χ2n) is 7.42. The van der Waals surface area contributed by atoms with Crippen molar-refractivity contribution in [1.82, 2.24) is 4.57 Å². The third-order valence-electron chi connectivity index (χ3n) is 4.50. The summed E-state index contributed by atoms with van der Waals surface area (Å²) in [5.41, 5.74) is 0. The molecule has 33 heavy (non-hydrogen) atoms. The van der Waals surface area contributed by atoms with Crippen molar-refractivity contribution in [2.75, 3.05) is 26.4 Å². The summed E-state index contributed by atoms with van der Waals surface area (Å²) in [6, 6.07) is 0. The molecule has 1 rings (SSSR count). The van der Waals surface area contributed by atoms with Gasteiger partial charge in [-0.05, 0) is 26.7 Å². The van der Waals surface area contributed by atoms with Crippen molar-refractivity contribution >= 4 is 16.4 Å². The first-order valence-corrected chi connectivity index (χ1v) is 13.1. The van der Waals surface area contributed by atoms with Crippen molar-refractivity contribution < 1.29 is 40.7 Å². The molecule has 0 aliphatic carbocycles. The van der Waals surface area contributed by atoms with Crippen LogP contribution in [0, 0.1) is 0 Å². The topological polar surface area (TPSA) is 120 Å². The van der Waals surface area contributed by atoms with Crippen LogP contribution in [0.5, 0.6) is 0 Å². The summed E-state index contributed by atoms with van der Waals surface area (Å²) in [6.45, 7) is 8.84. The molecule has 0 N–H and O–H groups in total. The number of aromatic nitrogens is 2. The second kappa shape index (κ2) is 17.9. The van der Waals surface area contributed by atoms with Gasteiger partial charge in [0.15, 0.2) is 0 Å². The molecule has 0 amide bonds. The lowest BCUT2D eigenvalue weighted by molar-refractivity contribution is -0.671. The molecule has 0 saturated heterocycles. The predicted octanol–water partition coefficient (Wildman–Crippen LogP) is 3.16. The molecule has 0 saturated carbocycles. The van der Waals surface area contributed by atoms with Crippen LogP contribution in [0.3, 0.4) is 0 Å². The molecule has 0 spiro atoms. The zero-order chi connectivity index (χ0) is 25.2. The van der Waals surface area contributed by atoms with Gasteiger partial charge in [0.2, 0.25) is 16.7 Å². The molecule has 1 atom stereocenters. The van der Waals surface area contributed by atoms with Crippen molar-refractivity contribution in [2.45, 2.75) is 85.0 Å². The normalized spacial score (nSPS) is 13.2. The number of unbranched alkanes of at least 4 members (excludes halogenated alkanes) is 6. The van der Waals surface area contributed by atoms with Crippen LogP contribution in [-0.4, -0.2) is 49.9 Å². The maximum Gasteiger partial charge on any atom is 0.430 e. The Kier molecular flexibility index (Phi) is 17.1. The number of nitrogens with zero attached hydrogens (tertiary/aromatic N) is 2. The van der Waals surface area contributed by atoms with Gasteiger partial charge < -0.3 is 18.8 Å². The molecular formula is C22H42N2O8S. The van der Waals surface area contributed by atoms with Crippen molar-refractivity contribution in [3.05, 3.63) is 18.7 Å². The molecule has 0 aliphatic rings. The molecule has 1 aromatic rings. The molecule has 0 radical (unpaired) electrons. The fourth-order valence-corrected chi connectivity index (χ4v) is 3.18. The molecule has 1 unspecified atom stereocenters. The van der Waals surface area contributed by atoms with Gasteiger partial charge >= 0.3 is 11.9 Å². The molecule has 1 heterocycles. The standard InChI is InChI=1S/C14H25N2O4.C8H18O4S/c1-5-8-11-20-14(19-7-3,13(17)18-6-2)16-10-9-15(4)12-16;1-2-3-4-5-6-7-8-12-13(9,10)11/h9-10,12H,5-8,11H2,1-4H3;2-8H2,1H3,(H,9,10,11)/q+1;/p-1. The minimum atomic E-state index is -4.47. The van der Waals surface area contributed by atoms with E-state index < -0.39 is 22.3 Å². The summed E-state index contributed by atoms with van der Waals surface area (Å²) in [5, 5.41) is 0. The monoisotopic (exact) mass is 494 g/mol. The molecule has 0 bridgehead atoms. The van der Waals surface area contributed by atoms with Gasteiger partial charge in [0.05, 0.1) is 33.5 Å². The SMILES string of the molecule is CCCCCCCCOS(=O)(=O)[O-].CCCCOC(OCC)(C(=O)OCC)n1cc[n+](C)c1. The van der Waals surface area contributed by atoms with Crippen molar-refractivity contribution in [3.63, 3.8) is 0 Å². The summed E-state index contributed by atoms with van der Waals surface area (Å²) in [6.07, 6.45) is 13.3. The number of ether oxygens (including phenoxy) is 3. The Bertz CT molecular complexity index is 739. The smallest absolute Gasteiger partial charge is 0.430 e. The Balaban J connectivity index is 0.000000684. The van der Waals surface area contributed by atoms with E-state index in [1.54, 1.807) is 24.0 Å². The van der Waals surface area contributed by atoms with Gasteiger partial charge in [-0.3, -0.25) is 4.18 Å². The highest BCUT2D eigenvalue weighted by Gasteiger charge is 2.50. The molecule has 11 heteroatoms. The highest BCUT2D eigenvalue weighted by atomic mass is 32.3. The zero-order valence-electron chi connectivity index (χ0n) is 20.8. The largest absolute Gasteiger partial charge is 0.726 e. The number of carbonyl (C=O) groups excluding carboxylic acids is 1. The second-order valence-corrected chi connectivity index (χ2v) is 8.47. The van der Waals surface area contributed by atoms with Crippen LogP contribution < -0.4 is 4.57 Å². The molecule has 194 valence electrons. The van der Waals surface area contributed by atoms with E-state index in [-0.39, 0.29) is 13.2 Å². The minimum Gasteiger partial charge on any atom is -0.726 e. The maximum atomic E-state index is 12.4. The predicted molar refractivity (Wildman–Crippen MR) is 122 cm³/mol. The van der Waals surface area contributed by atoms with Gasteiger partial charge in [0.25, 0.3) is 0 Å². The third-order valence-corrected chi connectivity index (χ3v) is 4.96. The molecule has 1 aromatic heterocycles. The Morgan fingerprint density at radius 2 is 1.58 bits per heavy atom. The van der Waals surface area contributed by atoms with E-state index in [0.717, 1.165) is 25.7 Å². The van der Waals surface area contributed by atoms with E-state index in [9.17, 15) is 17.8 Å². The van der Waals surface area contributed by atoms with Crippen molar-refractivity contribution in [2.24, 2.45) is 7.05 Å². The molecule has 10 nitrogen and oxygen atoms in total. The fourth-order valence-electron chi connectivity index (χ4n) is 2.85. The maximum absolute atomic E-state index is 12.4. The van der Waals surface area contributed by atoms with Gasteiger partial charge in [0, 0.05) is 0 Å². The van der Waals surface area contributed by atoms with E-state index in [0.29, 0.717) is 19.6 Å². The van der Waals surface area contributed by atoms with Crippen LogP contribution in [0.4, 0.5) is 0 Å². The highest BCUT2D eigenvalue weighted by molar-refractivity contribution is 7.80. The Morgan fingerprint density at radius 1 is 0.939 bits per heavy atom. The van der Waals surface area contributed by atoms with Crippen molar-refractivity contribution in [3.8, 4) is 0 Å². The van der Waals surface area contributed by atoms with Crippen LogP contribution in [0.2, 0.25) is 0 Å². The first-order chi connectivity index (χ1) is 15.7. The Morgan fingerprint density at radius 3 is 2.09 bits per heavy atom. The zero-order valence-corrected chi connectivity index (χ0v) is 21.6. The first kappa shape index (κ1) is 31.5. The van der Waals surface area contributed by atoms with Gasteiger partial charge in [0.1, 0.15) is 12.4 Å². The number of imidazole rings is 1. The van der Waals surface area contributed by atoms with E-state index >= 15 is 0 Å². The van der Waals surface area contributed by atoms with Crippen LogP contribution >= 0.6 is 0 Å². The lowest BCUT2D eigenvalue weighted by Crippen LogP contribution is -2.48. The summed E-state index contributed by atoms with van der Waals surface area (Å²) in [5.74, 6) is -2.07. The van der Waals surface area contributed by atoms with Gasteiger partial charge in [-0.25, -0.2) is 17.8 Å². The molecule has 0 fully saturated rings. The average Bonchev–Trinajstić information content (AvgIpc) is 3.19. The lowest BCUT2D eigenvalue weighted by atomic mass is 10.1. The minimum absolute atomic E-state index is 0.0258. The van der Waals surface area contributed by atoms with Crippen LogP contribution in [0.1, 0.15) is 79.1 Å². The summed E-state index contributed by atoms with van der Waals surface area (Å²) in [4.78, 5) is 12.4. The molecule has 0 aromatic carbocycles. The number of hydrogen-bond acceptors (Lipinski definition) is 8. The van der Waals surface area contributed by atoms with Crippen LogP contribution in [0.25, 0.3) is 0 Å². The number of carbonyl (C=O) groups is 1. The summed E-state index contributed by atoms with van der Waals surface area (Å²) in [7, 11) is -2.61. The highest BCUT2D eigenvalue weighted by Crippen LogP contribution is 2.23. The van der Waals surface area contributed by atoms with Gasteiger partial charge in [-0.2, -0.15) is 4.57 Å². The third kappa shape index (κ3) is 13.7. The molecular weight excluding hydrogens is 452 g/mol. The quantitative estimate of drug-likeness (QED) is 0.0809. The Labute approximate surface area is 199 Å².